The maximum absolute atomic E-state index is 12.2. The molecule has 4 saturated carbocycles. The molecular formula is C33H58N2O3+2. The first kappa shape index (κ1) is 27.5. The minimum atomic E-state index is -0.146. The molecule has 5 unspecified atom stereocenters. The SMILES string of the molecule is CC(=O)O[C@H]1C[C@@H]2CCC3C4CC([N+]5(C)CCCCC5)[C@H](O)[C@@]4(C)CCC3[C@@]2(C)CC1[N+]1(C)CCCCC1. The van der Waals surface area contributed by atoms with Crippen molar-refractivity contribution in [3.8, 4) is 0 Å². The van der Waals surface area contributed by atoms with E-state index < -0.39 is 0 Å². The van der Waals surface area contributed by atoms with Crippen molar-refractivity contribution in [1.82, 2.24) is 0 Å². The van der Waals surface area contributed by atoms with Crippen LogP contribution in [0.15, 0.2) is 0 Å². The van der Waals surface area contributed by atoms with E-state index in [2.05, 4.69) is 27.9 Å². The standard InChI is InChI=1S/C33H58N2O3/c1-23(36)38-30-20-24-12-13-25-26(33(24,3)22-29(30)35(5)18-10-7-11-19-35)14-15-32(2)27(25)21-28(31(32)37)34(4)16-8-6-9-17-34/h24-31,37H,6-22H2,1-5H3/q+2/t24-,25?,26?,27?,28?,29?,30-,31-,32-,33-/m0/s1. The lowest BCUT2D eigenvalue weighted by Crippen LogP contribution is -2.66. The molecule has 0 aromatic carbocycles. The van der Waals surface area contributed by atoms with E-state index in [-0.39, 0.29) is 23.6 Å². The highest BCUT2D eigenvalue weighted by Crippen LogP contribution is 2.67. The molecule has 6 aliphatic rings. The van der Waals surface area contributed by atoms with Crippen molar-refractivity contribution in [1.29, 1.82) is 0 Å². The van der Waals surface area contributed by atoms with Crippen molar-refractivity contribution in [2.45, 2.75) is 129 Å². The summed E-state index contributed by atoms with van der Waals surface area (Å²) < 4.78 is 8.38. The summed E-state index contributed by atoms with van der Waals surface area (Å²) in [4.78, 5) is 12.2. The first-order valence-corrected chi connectivity index (χ1v) is 16.5. The van der Waals surface area contributed by atoms with Gasteiger partial charge in [-0.15, -0.1) is 0 Å². The molecule has 38 heavy (non-hydrogen) atoms. The minimum Gasteiger partial charge on any atom is -0.456 e. The second-order valence-electron chi connectivity index (χ2n) is 16.1. The van der Waals surface area contributed by atoms with Crippen LogP contribution in [0.4, 0.5) is 0 Å². The van der Waals surface area contributed by atoms with Crippen LogP contribution in [-0.2, 0) is 9.53 Å². The highest BCUT2D eigenvalue weighted by atomic mass is 16.5. The average molecular weight is 531 g/mol. The molecule has 10 atom stereocenters. The Bertz CT molecular complexity index is 895. The van der Waals surface area contributed by atoms with Crippen molar-refractivity contribution >= 4 is 5.97 Å². The summed E-state index contributed by atoms with van der Waals surface area (Å²) in [6, 6.07) is 0.868. The maximum atomic E-state index is 12.2. The molecule has 2 saturated heterocycles. The molecule has 2 aliphatic heterocycles. The second-order valence-corrected chi connectivity index (χ2v) is 16.1. The number of hydrogen-bond acceptors (Lipinski definition) is 3. The molecule has 0 aromatic rings. The van der Waals surface area contributed by atoms with Crippen LogP contribution in [0.5, 0.6) is 0 Å². The van der Waals surface area contributed by atoms with Gasteiger partial charge in [0, 0.05) is 25.2 Å². The van der Waals surface area contributed by atoms with Gasteiger partial charge in [0.25, 0.3) is 0 Å². The number of carbonyl (C=O) groups is 1. The lowest BCUT2D eigenvalue weighted by atomic mass is 9.44. The van der Waals surface area contributed by atoms with Crippen molar-refractivity contribution < 1.29 is 23.6 Å². The number of ether oxygens (including phenoxy) is 1. The fourth-order valence-corrected chi connectivity index (χ4v) is 11.9. The fourth-order valence-electron chi connectivity index (χ4n) is 11.9. The van der Waals surface area contributed by atoms with Crippen molar-refractivity contribution in [3.05, 3.63) is 0 Å². The number of esters is 1. The van der Waals surface area contributed by atoms with Gasteiger partial charge in [-0.2, -0.15) is 0 Å². The number of carbonyl (C=O) groups excluding carboxylic acids is 1. The monoisotopic (exact) mass is 530 g/mol. The Morgan fingerprint density at radius 1 is 0.789 bits per heavy atom. The molecule has 1 N–H and O–H groups in total. The zero-order chi connectivity index (χ0) is 26.9. The third-order valence-corrected chi connectivity index (χ3v) is 14.2. The summed E-state index contributed by atoms with van der Waals surface area (Å²) in [5.41, 5.74) is 0.421. The lowest BCUT2D eigenvalue weighted by Gasteiger charge is -2.63. The summed E-state index contributed by atoms with van der Waals surface area (Å²) in [5, 5.41) is 11.9. The number of fused-ring (bicyclic) bond motifs is 5. The summed E-state index contributed by atoms with van der Waals surface area (Å²) in [6.07, 6.45) is 16.5. The number of hydrogen-bond donors (Lipinski definition) is 1. The summed E-state index contributed by atoms with van der Waals surface area (Å²) >= 11 is 0. The van der Waals surface area contributed by atoms with Gasteiger partial charge in [-0.1, -0.05) is 13.8 Å². The molecule has 5 heteroatoms. The van der Waals surface area contributed by atoms with Gasteiger partial charge in [-0.05, 0) is 99.7 Å². The number of aliphatic hydroxyl groups is 1. The van der Waals surface area contributed by atoms with Crippen LogP contribution in [0.2, 0.25) is 0 Å². The zero-order valence-electron chi connectivity index (χ0n) is 25.3. The largest absolute Gasteiger partial charge is 0.456 e. The number of nitrogens with zero attached hydrogens (tertiary/aromatic N) is 2. The van der Waals surface area contributed by atoms with Crippen LogP contribution in [0, 0.1) is 34.5 Å². The van der Waals surface area contributed by atoms with E-state index in [9.17, 15) is 9.90 Å². The van der Waals surface area contributed by atoms with Gasteiger partial charge in [0.05, 0.1) is 40.3 Å². The predicted molar refractivity (Wildman–Crippen MR) is 151 cm³/mol. The molecule has 0 amide bonds. The van der Waals surface area contributed by atoms with E-state index >= 15 is 0 Å². The molecule has 216 valence electrons. The first-order chi connectivity index (χ1) is 18.0. The zero-order valence-corrected chi connectivity index (χ0v) is 25.3. The van der Waals surface area contributed by atoms with Crippen LogP contribution < -0.4 is 0 Å². The third-order valence-electron chi connectivity index (χ3n) is 14.2. The van der Waals surface area contributed by atoms with E-state index in [1.165, 1.54) is 103 Å². The number of quaternary nitrogens is 2. The van der Waals surface area contributed by atoms with E-state index in [0.717, 1.165) is 27.2 Å². The van der Waals surface area contributed by atoms with Crippen LogP contribution >= 0.6 is 0 Å². The maximum Gasteiger partial charge on any atom is 0.303 e. The van der Waals surface area contributed by atoms with Crippen LogP contribution in [0.25, 0.3) is 0 Å². The fraction of sp³-hybridized carbons (Fsp3) is 0.970. The highest BCUT2D eigenvalue weighted by Gasteiger charge is 2.66. The molecule has 6 rings (SSSR count). The molecule has 5 nitrogen and oxygen atoms in total. The van der Waals surface area contributed by atoms with Crippen LogP contribution in [0.1, 0.15) is 104 Å². The van der Waals surface area contributed by atoms with Crippen molar-refractivity contribution in [2.75, 3.05) is 40.3 Å². The van der Waals surface area contributed by atoms with E-state index in [4.69, 9.17) is 4.74 Å². The minimum absolute atomic E-state index is 0.0836. The summed E-state index contributed by atoms with van der Waals surface area (Å²) in [6.45, 7) is 11.7. The van der Waals surface area contributed by atoms with Gasteiger partial charge >= 0.3 is 5.97 Å². The Labute approximate surface area is 232 Å². The molecule has 0 spiro atoms. The van der Waals surface area contributed by atoms with Gasteiger partial charge in [0.15, 0.2) is 6.10 Å². The predicted octanol–water partition coefficient (Wildman–Crippen LogP) is 5.54. The molecule has 4 aliphatic carbocycles. The lowest BCUT2D eigenvalue weighted by molar-refractivity contribution is -0.943. The second kappa shape index (κ2) is 9.72. The Balaban J connectivity index is 1.28. The Morgan fingerprint density at radius 3 is 2.00 bits per heavy atom. The summed E-state index contributed by atoms with van der Waals surface area (Å²) in [5.74, 6) is 2.76. The number of aliphatic hydroxyl groups excluding tert-OH is 1. The van der Waals surface area contributed by atoms with Crippen LogP contribution in [-0.4, -0.2) is 84.6 Å². The third kappa shape index (κ3) is 4.23. The molecule has 0 radical (unpaired) electrons. The molecule has 2 heterocycles. The van der Waals surface area contributed by atoms with Crippen molar-refractivity contribution in [2.24, 2.45) is 34.5 Å². The van der Waals surface area contributed by atoms with E-state index in [1.54, 1.807) is 6.92 Å². The van der Waals surface area contributed by atoms with Gasteiger partial charge in [-0.3, -0.25) is 4.79 Å². The number of likely N-dealkylation sites (N-methyl/N-ethyl adjacent to an activating group) is 2. The molecule has 0 aromatic heterocycles. The Kier molecular flexibility index (Phi) is 7.04. The smallest absolute Gasteiger partial charge is 0.303 e. The highest BCUT2D eigenvalue weighted by molar-refractivity contribution is 5.66. The van der Waals surface area contributed by atoms with E-state index in [1.807, 2.05) is 0 Å². The van der Waals surface area contributed by atoms with Crippen LogP contribution in [0.3, 0.4) is 0 Å². The van der Waals surface area contributed by atoms with Gasteiger partial charge < -0.3 is 18.8 Å². The number of rotatable bonds is 3. The normalized spacial score (nSPS) is 49.8. The number of piperidine rings is 2. The average Bonchev–Trinajstić information content (AvgIpc) is 3.16. The van der Waals surface area contributed by atoms with Crippen molar-refractivity contribution in [3.63, 3.8) is 0 Å². The Hall–Kier alpha value is -0.650. The molecule has 0 bridgehead atoms. The Morgan fingerprint density at radius 2 is 1.39 bits per heavy atom. The van der Waals surface area contributed by atoms with Gasteiger partial charge in [0.2, 0.25) is 0 Å². The van der Waals surface area contributed by atoms with Gasteiger partial charge in [0.1, 0.15) is 18.2 Å². The quantitative estimate of drug-likeness (QED) is 0.385. The topological polar surface area (TPSA) is 46.5 Å². The summed E-state index contributed by atoms with van der Waals surface area (Å²) in [7, 11) is 4.94. The van der Waals surface area contributed by atoms with Gasteiger partial charge in [-0.25, -0.2) is 0 Å². The molecule has 6 fully saturated rings. The first-order valence-electron chi connectivity index (χ1n) is 16.5. The molecular weight excluding hydrogens is 472 g/mol. The van der Waals surface area contributed by atoms with E-state index in [0.29, 0.717) is 29.3 Å². The number of likely N-dealkylation sites (tertiary alicyclic amines) is 2.